The van der Waals surface area contributed by atoms with Crippen molar-refractivity contribution in [3.05, 3.63) is 82.9 Å². The third-order valence-electron chi connectivity index (χ3n) is 6.95. The first-order chi connectivity index (χ1) is 16.3. The molecule has 0 aromatic heterocycles. The van der Waals surface area contributed by atoms with E-state index in [0.29, 0.717) is 0 Å². The zero-order valence-corrected chi connectivity index (χ0v) is 19.5. The lowest BCUT2D eigenvalue weighted by Crippen LogP contribution is -2.29. The minimum absolute atomic E-state index is 0.0131. The summed E-state index contributed by atoms with van der Waals surface area (Å²) in [6.45, 7) is 2.15. The summed E-state index contributed by atoms with van der Waals surface area (Å²) in [4.78, 5) is 11.4. The topological polar surface area (TPSA) is 38.3 Å². The van der Waals surface area contributed by atoms with E-state index in [4.69, 9.17) is 0 Å². The van der Waals surface area contributed by atoms with Gasteiger partial charge in [-0.05, 0) is 72.1 Å². The average Bonchev–Trinajstić information content (AvgIpc) is 3.29. The zero-order chi connectivity index (χ0) is 24.3. The minimum atomic E-state index is -4.46. The van der Waals surface area contributed by atoms with Gasteiger partial charge >= 0.3 is 12.1 Å². The number of nitrogens with one attached hydrogen (secondary N) is 1. The Labute approximate surface area is 198 Å². The second kappa shape index (κ2) is 10.2. The molecule has 1 fully saturated rings. The first-order valence-electron chi connectivity index (χ1n) is 11.8. The number of fused-ring (bicyclic) bond motifs is 1. The van der Waals surface area contributed by atoms with Crippen LogP contribution >= 0.6 is 0 Å². The fraction of sp³-hybridized carbons (Fsp3) is 0.393. The molecule has 3 aromatic carbocycles. The molecular formula is C28H30F3NO2. The van der Waals surface area contributed by atoms with Crippen molar-refractivity contribution in [3.63, 3.8) is 0 Å². The molecule has 4 rings (SSSR count). The fourth-order valence-electron chi connectivity index (χ4n) is 5.18. The Kier molecular flexibility index (Phi) is 7.27. The van der Waals surface area contributed by atoms with Crippen LogP contribution in [0.15, 0.2) is 60.7 Å². The van der Waals surface area contributed by atoms with Crippen LogP contribution in [-0.2, 0) is 22.1 Å². The maximum Gasteiger partial charge on any atom is 0.416 e. The molecule has 0 radical (unpaired) electrons. The maximum absolute atomic E-state index is 13.8. The molecule has 1 N–H and O–H groups in total. The van der Waals surface area contributed by atoms with Crippen LogP contribution in [0.25, 0.3) is 10.8 Å². The normalized spacial score (nSPS) is 19.3. The molecule has 1 aliphatic rings. The van der Waals surface area contributed by atoms with Gasteiger partial charge in [0, 0.05) is 18.5 Å². The van der Waals surface area contributed by atoms with Crippen LogP contribution in [-0.4, -0.2) is 19.1 Å². The molecule has 3 aromatic rings. The van der Waals surface area contributed by atoms with Crippen LogP contribution in [0, 0.1) is 0 Å². The summed E-state index contributed by atoms with van der Waals surface area (Å²) in [5.41, 5.74) is 1.44. The highest BCUT2D eigenvalue weighted by molar-refractivity contribution is 5.86. The number of ether oxygens (including phenoxy) is 1. The van der Waals surface area contributed by atoms with E-state index in [1.165, 1.54) is 35.6 Å². The van der Waals surface area contributed by atoms with Gasteiger partial charge in [-0.3, -0.25) is 4.79 Å². The van der Waals surface area contributed by atoms with Crippen LogP contribution in [0.3, 0.4) is 0 Å². The van der Waals surface area contributed by atoms with Gasteiger partial charge in [0.15, 0.2) is 0 Å². The van der Waals surface area contributed by atoms with Gasteiger partial charge in [-0.2, -0.15) is 13.2 Å². The smallest absolute Gasteiger partial charge is 0.416 e. The Morgan fingerprint density at radius 2 is 1.85 bits per heavy atom. The molecule has 0 saturated heterocycles. The first-order valence-corrected chi connectivity index (χ1v) is 11.8. The predicted octanol–water partition coefficient (Wildman–Crippen LogP) is 6.95. The van der Waals surface area contributed by atoms with E-state index in [1.54, 1.807) is 6.07 Å². The molecule has 0 amide bonds. The number of aryl methyl sites for hydroxylation is 1. The van der Waals surface area contributed by atoms with Gasteiger partial charge in [0.05, 0.1) is 12.7 Å². The lowest BCUT2D eigenvalue weighted by Gasteiger charge is -2.22. The van der Waals surface area contributed by atoms with Gasteiger partial charge in [-0.15, -0.1) is 0 Å². The first kappa shape index (κ1) is 24.3. The summed E-state index contributed by atoms with van der Waals surface area (Å²) in [6.07, 6.45) is -1.95. The van der Waals surface area contributed by atoms with Gasteiger partial charge in [0.25, 0.3) is 0 Å². The number of rotatable bonds is 7. The molecule has 3 nitrogen and oxygen atoms in total. The molecule has 1 aliphatic carbocycles. The summed E-state index contributed by atoms with van der Waals surface area (Å²) in [6, 6.07) is 19.6. The molecule has 0 bridgehead atoms. The van der Waals surface area contributed by atoms with E-state index >= 15 is 0 Å². The maximum atomic E-state index is 13.8. The Balaban J connectivity index is 1.46. The summed E-state index contributed by atoms with van der Waals surface area (Å²) in [5, 5.41) is 6.13. The number of carbonyl (C=O) groups is 1. The number of esters is 1. The van der Waals surface area contributed by atoms with Crippen molar-refractivity contribution in [3.8, 4) is 0 Å². The van der Waals surface area contributed by atoms with Crippen LogP contribution in [0.4, 0.5) is 13.2 Å². The van der Waals surface area contributed by atoms with Crippen LogP contribution in [0.1, 0.15) is 66.8 Å². The van der Waals surface area contributed by atoms with E-state index < -0.39 is 17.7 Å². The number of hydrogen-bond donors (Lipinski definition) is 1. The highest BCUT2D eigenvalue weighted by Crippen LogP contribution is 2.40. The third kappa shape index (κ3) is 5.44. The van der Waals surface area contributed by atoms with E-state index in [2.05, 4.69) is 47.3 Å². The van der Waals surface area contributed by atoms with Crippen LogP contribution < -0.4 is 5.32 Å². The number of hydrogen-bond acceptors (Lipinski definition) is 3. The highest BCUT2D eigenvalue weighted by Gasteiger charge is 2.35. The van der Waals surface area contributed by atoms with Gasteiger partial charge in [-0.1, -0.05) is 54.6 Å². The fourth-order valence-corrected chi connectivity index (χ4v) is 5.18. The Hall–Kier alpha value is -2.86. The van der Waals surface area contributed by atoms with Crippen molar-refractivity contribution >= 4 is 16.7 Å². The van der Waals surface area contributed by atoms with Gasteiger partial charge in [0.2, 0.25) is 0 Å². The van der Waals surface area contributed by atoms with Gasteiger partial charge in [-0.25, -0.2) is 0 Å². The Morgan fingerprint density at radius 1 is 1.09 bits per heavy atom. The third-order valence-corrected chi connectivity index (χ3v) is 6.95. The van der Waals surface area contributed by atoms with Crippen molar-refractivity contribution in [2.75, 3.05) is 7.11 Å². The second-order valence-corrected chi connectivity index (χ2v) is 9.15. The van der Waals surface area contributed by atoms with Crippen LogP contribution in [0.5, 0.6) is 0 Å². The summed E-state index contributed by atoms with van der Waals surface area (Å²) >= 11 is 0. The second-order valence-electron chi connectivity index (χ2n) is 9.15. The van der Waals surface area contributed by atoms with Crippen molar-refractivity contribution in [2.45, 2.75) is 63.2 Å². The summed E-state index contributed by atoms with van der Waals surface area (Å²) in [7, 11) is 1.24. The van der Waals surface area contributed by atoms with E-state index in [-0.39, 0.29) is 36.4 Å². The van der Waals surface area contributed by atoms with Crippen LogP contribution in [0.2, 0.25) is 0 Å². The molecule has 0 heterocycles. The molecule has 0 aliphatic heterocycles. The molecule has 3 atom stereocenters. The number of methoxy groups -OCH3 is 1. The van der Waals surface area contributed by atoms with Gasteiger partial charge in [0.1, 0.15) is 0 Å². The SMILES string of the molecule is COC(=O)CCc1ccc(C2CC[C@H](N[C@H](C)c3cccc4ccccc34)C2)cc1C(F)(F)F. The van der Waals surface area contributed by atoms with Crippen molar-refractivity contribution in [2.24, 2.45) is 0 Å². The van der Waals surface area contributed by atoms with Crippen molar-refractivity contribution < 1.29 is 22.7 Å². The lowest BCUT2D eigenvalue weighted by molar-refractivity contribution is -0.142. The standard InChI is InChI=1S/C28H30F3NO2/c1-18(24-9-5-7-19-6-3-4-8-25(19)24)32-23-14-12-21(16-23)22-11-10-20(13-15-27(33)34-2)26(17-22)28(29,30)31/h3-11,17-18,21,23,32H,12-16H2,1-2H3/t18-,21?,23+/m1/s1. The molecule has 0 spiro atoms. The quantitative estimate of drug-likeness (QED) is 0.381. The average molecular weight is 470 g/mol. The monoisotopic (exact) mass is 469 g/mol. The van der Waals surface area contributed by atoms with E-state index in [0.717, 1.165) is 24.8 Å². The molecular weight excluding hydrogens is 439 g/mol. The van der Waals surface area contributed by atoms with Crippen molar-refractivity contribution in [1.82, 2.24) is 5.32 Å². The molecule has 180 valence electrons. The number of alkyl halides is 3. The zero-order valence-electron chi connectivity index (χ0n) is 19.5. The largest absolute Gasteiger partial charge is 0.469 e. The molecule has 1 saturated carbocycles. The number of carbonyl (C=O) groups excluding carboxylic acids is 1. The molecule has 34 heavy (non-hydrogen) atoms. The Bertz CT molecular complexity index is 1150. The van der Waals surface area contributed by atoms with Crippen molar-refractivity contribution in [1.29, 1.82) is 0 Å². The lowest BCUT2D eigenvalue weighted by atomic mass is 9.92. The highest BCUT2D eigenvalue weighted by atomic mass is 19.4. The molecule has 1 unspecified atom stereocenters. The predicted molar refractivity (Wildman–Crippen MR) is 128 cm³/mol. The van der Waals surface area contributed by atoms with Gasteiger partial charge < -0.3 is 10.1 Å². The summed E-state index contributed by atoms with van der Waals surface area (Å²) < 4.78 is 45.8. The minimum Gasteiger partial charge on any atom is -0.469 e. The van der Waals surface area contributed by atoms with E-state index in [1.807, 2.05) is 12.1 Å². The number of benzene rings is 3. The molecule has 6 heteroatoms. The Morgan fingerprint density at radius 3 is 2.62 bits per heavy atom. The summed E-state index contributed by atoms with van der Waals surface area (Å²) in [5.74, 6) is -0.435. The van der Waals surface area contributed by atoms with E-state index in [9.17, 15) is 18.0 Å². The number of halogens is 3.